The first-order valence-electron chi connectivity index (χ1n) is 8.52. The number of aromatic nitrogens is 2. The van der Waals surface area contributed by atoms with Gasteiger partial charge >= 0.3 is 11.6 Å². The van der Waals surface area contributed by atoms with Crippen LogP contribution in [0.2, 0.25) is 10.0 Å². The van der Waals surface area contributed by atoms with Crippen molar-refractivity contribution in [3.05, 3.63) is 79.6 Å². The molecular formula is C19H15Cl2N5O4. The lowest BCUT2D eigenvalue weighted by atomic mass is 10.1. The number of hydrazine groups is 1. The monoisotopic (exact) mass is 447 g/mol. The molecule has 2 N–H and O–H groups in total. The van der Waals surface area contributed by atoms with Gasteiger partial charge in [0.2, 0.25) is 5.82 Å². The molecule has 0 bridgehead atoms. The molecule has 3 rings (SSSR count). The Morgan fingerprint density at radius 3 is 2.53 bits per heavy atom. The number of ether oxygens (including phenoxy) is 1. The van der Waals surface area contributed by atoms with E-state index < -0.39 is 16.5 Å². The Labute approximate surface area is 181 Å². The number of nitrogens with one attached hydrogen (secondary N) is 2. The minimum Gasteiger partial charge on any atom is -0.434 e. The van der Waals surface area contributed by atoms with Crippen molar-refractivity contribution in [3.8, 4) is 11.6 Å². The van der Waals surface area contributed by atoms with E-state index in [0.29, 0.717) is 10.8 Å². The average Bonchev–Trinajstić information content (AvgIpc) is 2.68. The van der Waals surface area contributed by atoms with Crippen molar-refractivity contribution >= 4 is 40.6 Å². The maximum absolute atomic E-state index is 12.3. The summed E-state index contributed by atoms with van der Waals surface area (Å²) in [5.41, 5.74) is 6.31. The van der Waals surface area contributed by atoms with Crippen molar-refractivity contribution in [2.75, 3.05) is 5.43 Å². The number of hydrogen-bond acceptors (Lipinski definition) is 7. The highest BCUT2D eigenvalue weighted by Crippen LogP contribution is 2.34. The summed E-state index contributed by atoms with van der Waals surface area (Å²) >= 11 is 11.8. The lowest BCUT2D eigenvalue weighted by molar-refractivity contribution is -0.385. The predicted molar refractivity (Wildman–Crippen MR) is 112 cm³/mol. The number of hydrogen-bond donors (Lipinski definition) is 2. The molecule has 0 aliphatic heterocycles. The summed E-state index contributed by atoms with van der Waals surface area (Å²) in [7, 11) is 0. The Hall–Kier alpha value is -3.43. The molecule has 1 amide bonds. The van der Waals surface area contributed by atoms with Crippen LogP contribution in [0.3, 0.4) is 0 Å². The highest BCUT2D eigenvalue weighted by atomic mass is 35.5. The van der Waals surface area contributed by atoms with Crippen LogP contribution in [0, 0.1) is 24.0 Å². The molecule has 30 heavy (non-hydrogen) atoms. The van der Waals surface area contributed by atoms with Gasteiger partial charge in [-0.05, 0) is 55.3 Å². The molecule has 154 valence electrons. The summed E-state index contributed by atoms with van der Waals surface area (Å²) < 4.78 is 5.59. The summed E-state index contributed by atoms with van der Waals surface area (Å²) in [6, 6.07) is 9.55. The van der Waals surface area contributed by atoms with Crippen molar-refractivity contribution in [1.29, 1.82) is 0 Å². The van der Waals surface area contributed by atoms with Gasteiger partial charge in [0.05, 0.1) is 15.5 Å². The van der Waals surface area contributed by atoms with Crippen LogP contribution in [-0.4, -0.2) is 20.8 Å². The zero-order chi connectivity index (χ0) is 21.8. The number of nitrogens with zero attached hydrogens (tertiary/aromatic N) is 3. The van der Waals surface area contributed by atoms with Crippen LogP contribution in [0.4, 0.5) is 11.5 Å². The quantitative estimate of drug-likeness (QED) is 0.408. The van der Waals surface area contributed by atoms with E-state index in [2.05, 4.69) is 20.8 Å². The second kappa shape index (κ2) is 8.93. The third-order valence-electron chi connectivity index (χ3n) is 4.13. The Morgan fingerprint density at radius 1 is 1.10 bits per heavy atom. The van der Waals surface area contributed by atoms with Gasteiger partial charge in [-0.15, -0.1) is 0 Å². The Balaban J connectivity index is 1.84. The molecule has 11 heteroatoms. The zero-order valence-corrected chi connectivity index (χ0v) is 17.3. The number of halogens is 2. The second-order valence-electron chi connectivity index (χ2n) is 6.18. The number of carbonyl (C=O) groups excluding carboxylic acids is 1. The molecule has 9 nitrogen and oxygen atoms in total. The summed E-state index contributed by atoms with van der Waals surface area (Å²) in [6.45, 7) is 3.82. The van der Waals surface area contributed by atoms with Gasteiger partial charge < -0.3 is 4.74 Å². The molecule has 0 saturated carbocycles. The van der Waals surface area contributed by atoms with Gasteiger partial charge in [0, 0.05) is 5.02 Å². The summed E-state index contributed by atoms with van der Waals surface area (Å²) in [4.78, 5) is 30.9. The lowest BCUT2D eigenvalue weighted by Crippen LogP contribution is -2.30. The first-order chi connectivity index (χ1) is 14.3. The number of rotatable bonds is 6. The lowest BCUT2D eigenvalue weighted by Gasteiger charge is -2.11. The van der Waals surface area contributed by atoms with E-state index in [-0.39, 0.29) is 22.3 Å². The molecule has 0 saturated heterocycles. The number of carbonyl (C=O) groups is 1. The Morgan fingerprint density at radius 2 is 1.87 bits per heavy atom. The van der Waals surface area contributed by atoms with Crippen LogP contribution in [-0.2, 0) is 0 Å². The molecule has 0 radical (unpaired) electrons. The highest BCUT2D eigenvalue weighted by Gasteiger charge is 2.26. The first-order valence-corrected chi connectivity index (χ1v) is 9.27. The van der Waals surface area contributed by atoms with E-state index >= 15 is 0 Å². The fourth-order valence-electron chi connectivity index (χ4n) is 2.44. The molecular weight excluding hydrogens is 433 g/mol. The normalized spacial score (nSPS) is 10.4. The number of nitro groups is 1. The van der Waals surface area contributed by atoms with E-state index in [1.807, 2.05) is 19.9 Å². The van der Waals surface area contributed by atoms with Crippen molar-refractivity contribution in [1.82, 2.24) is 15.4 Å². The molecule has 0 spiro atoms. The largest absolute Gasteiger partial charge is 0.434 e. The molecule has 1 aromatic heterocycles. The van der Waals surface area contributed by atoms with Crippen LogP contribution in [0.5, 0.6) is 11.6 Å². The molecule has 3 aromatic rings. The number of benzene rings is 2. The van der Waals surface area contributed by atoms with Gasteiger partial charge in [0.1, 0.15) is 12.1 Å². The predicted octanol–water partition coefficient (Wildman–Crippen LogP) is 4.86. The summed E-state index contributed by atoms with van der Waals surface area (Å²) in [6.07, 6.45) is 1.08. The molecule has 1 heterocycles. The SMILES string of the molecule is Cc1ccc(Oc2ncnc(NNC(=O)c3ccc(Cl)cc3Cl)c2[N+](=O)[O-])cc1C. The summed E-state index contributed by atoms with van der Waals surface area (Å²) in [5.74, 6) is -0.796. The van der Waals surface area contributed by atoms with Crippen LogP contribution < -0.4 is 15.6 Å². The Bertz CT molecular complexity index is 1140. The van der Waals surface area contributed by atoms with Crippen molar-refractivity contribution in [2.45, 2.75) is 13.8 Å². The van der Waals surface area contributed by atoms with Gasteiger partial charge in [-0.2, -0.15) is 4.98 Å². The molecule has 2 aromatic carbocycles. The van der Waals surface area contributed by atoms with E-state index in [0.717, 1.165) is 17.5 Å². The van der Waals surface area contributed by atoms with Crippen molar-refractivity contribution in [2.24, 2.45) is 0 Å². The first kappa shape index (κ1) is 21.3. The minimum absolute atomic E-state index is 0.122. The number of aryl methyl sites for hydroxylation is 2. The average molecular weight is 448 g/mol. The minimum atomic E-state index is -0.708. The third-order valence-corrected chi connectivity index (χ3v) is 4.68. The number of amides is 1. The van der Waals surface area contributed by atoms with Crippen LogP contribution in [0.15, 0.2) is 42.7 Å². The fourth-order valence-corrected chi connectivity index (χ4v) is 2.93. The maximum atomic E-state index is 12.3. The van der Waals surface area contributed by atoms with Crippen LogP contribution in [0.25, 0.3) is 0 Å². The van der Waals surface area contributed by atoms with Crippen molar-refractivity contribution < 1.29 is 14.5 Å². The third kappa shape index (κ3) is 4.76. The highest BCUT2D eigenvalue weighted by molar-refractivity contribution is 6.36. The Kier molecular flexibility index (Phi) is 6.34. The van der Waals surface area contributed by atoms with Gasteiger partial charge in [0.25, 0.3) is 5.91 Å². The van der Waals surface area contributed by atoms with Crippen LogP contribution >= 0.6 is 23.2 Å². The van der Waals surface area contributed by atoms with Gasteiger partial charge in [-0.3, -0.25) is 25.8 Å². The van der Waals surface area contributed by atoms with Crippen molar-refractivity contribution in [3.63, 3.8) is 0 Å². The molecule has 0 aliphatic rings. The molecule has 0 unspecified atom stereocenters. The summed E-state index contributed by atoms with van der Waals surface area (Å²) in [5, 5.41) is 12.1. The smallest absolute Gasteiger partial charge is 0.374 e. The zero-order valence-electron chi connectivity index (χ0n) is 15.8. The van der Waals surface area contributed by atoms with Crippen LogP contribution in [0.1, 0.15) is 21.5 Å². The molecule has 0 aliphatic carbocycles. The number of anilines is 1. The van der Waals surface area contributed by atoms with E-state index in [4.69, 9.17) is 27.9 Å². The van der Waals surface area contributed by atoms with Gasteiger partial charge in [-0.25, -0.2) is 4.98 Å². The maximum Gasteiger partial charge on any atom is 0.374 e. The van der Waals surface area contributed by atoms with Gasteiger partial charge in [0.15, 0.2) is 0 Å². The second-order valence-corrected chi connectivity index (χ2v) is 7.03. The molecule has 0 atom stereocenters. The molecule has 0 fully saturated rings. The topological polar surface area (TPSA) is 119 Å². The fraction of sp³-hybridized carbons (Fsp3) is 0.105. The van der Waals surface area contributed by atoms with E-state index in [1.54, 1.807) is 12.1 Å². The van der Waals surface area contributed by atoms with E-state index in [9.17, 15) is 14.9 Å². The van der Waals surface area contributed by atoms with Gasteiger partial charge in [-0.1, -0.05) is 29.3 Å². The standard InChI is InChI=1S/C19H15Cl2N5O4/c1-10-3-5-13(7-11(10)2)30-19-16(26(28)29)17(22-9-23-19)24-25-18(27)14-6-4-12(20)8-15(14)21/h3-9H,1-2H3,(H,25,27)(H,22,23,24). The van der Waals surface area contributed by atoms with E-state index in [1.165, 1.54) is 18.2 Å².